The van der Waals surface area contributed by atoms with Crippen LogP contribution in [0.1, 0.15) is 21.1 Å². The van der Waals surface area contributed by atoms with Crippen LogP contribution < -0.4 is 4.74 Å². The van der Waals surface area contributed by atoms with Gasteiger partial charge in [-0.3, -0.25) is 0 Å². The van der Waals surface area contributed by atoms with Gasteiger partial charge in [0, 0.05) is 11.8 Å². The van der Waals surface area contributed by atoms with Gasteiger partial charge in [-0.25, -0.2) is 14.2 Å². The van der Waals surface area contributed by atoms with Gasteiger partial charge >= 0.3 is 5.97 Å². The molecule has 1 aromatic carbocycles. The van der Waals surface area contributed by atoms with E-state index in [0.29, 0.717) is 11.4 Å². The molecule has 0 bridgehead atoms. The normalized spacial score (nSPS) is 10.3. The summed E-state index contributed by atoms with van der Waals surface area (Å²) in [5, 5.41) is 10.9. The average molecular weight is 267 g/mol. The second-order valence-corrected chi connectivity index (χ2v) is 4.52. The zero-order valence-electron chi connectivity index (χ0n) is 9.51. The molecule has 0 saturated heterocycles. The zero-order valence-corrected chi connectivity index (χ0v) is 10.3. The number of carboxylic acids is 1. The molecule has 0 amide bonds. The topological polar surface area (TPSA) is 59.4 Å². The van der Waals surface area contributed by atoms with Gasteiger partial charge in [-0.2, -0.15) is 0 Å². The van der Waals surface area contributed by atoms with E-state index in [4.69, 9.17) is 9.84 Å². The van der Waals surface area contributed by atoms with E-state index in [2.05, 4.69) is 4.98 Å². The summed E-state index contributed by atoms with van der Waals surface area (Å²) in [4.78, 5) is 14.6. The molecule has 0 saturated carbocycles. The van der Waals surface area contributed by atoms with Crippen molar-refractivity contribution in [2.24, 2.45) is 0 Å². The van der Waals surface area contributed by atoms with E-state index in [1.807, 2.05) is 0 Å². The number of hydrogen-bond acceptors (Lipinski definition) is 4. The highest BCUT2D eigenvalue weighted by atomic mass is 32.1. The Morgan fingerprint density at radius 3 is 2.89 bits per heavy atom. The van der Waals surface area contributed by atoms with E-state index >= 15 is 0 Å². The van der Waals surface area contributed by atoms with Crippen LogP contribution in [-0.4, -0.2) is 23.2 Å². The third kappa shape index (κ3) is 2.65. The number of hydrogen-bond donors (Lipinski definition) is 1. The molecule has 1 heterocycles. The Morgan fingerprint density at radius 1 is 1.56 bits per heavy atom. The molecule has 0 aliphatic carbocycles. The molecular formula is C12H10FNO3S. The van der Waals surface area contributed by atoms with Gasteiger partial charge in [-0.15, -0.1) is 11.3 Å². The van der Waals surface area contributed by atoms with Crippen molar-refractivity contribution in [3.63, 3.8) is 0 Å². The number of carboxylic acid groups (broad SMARTS) is 1. The van der Waals surface area contributed by atoms with Crippen LogP contribution in [0.25, 0.3) is 0 Å². The summed E-state index contributed by atoms with van der Waals surface area (Å²) in [6, 6.07) is 4.63. The fourth-order valence-corrected chi connectivity index (χ4v) is 2.29. The highest BCUT2D eigenvalue weighted by Crippen LogP contribution is 2.21. The first-order valence-electron chi connectivity index (χ1n) is 5.10. The lowest BCUT2D eigenvalue weighted by atomic mass is 10.1. The summed E-state index contributed by atoms with van der Waals surface area (Å²) in [6.45, 7) is 0. The second kappa shape index (κ2) is 5.14. The van der Waals surface area contributed by atoms with Crippen molar-refractivity contribution in [2.75, 3.05) is 7.11 Å². The third-order valence-electron chi connectivity index (χ3n) is 2.34. The third-order valence-corrected chi connectivity index (χ3v) is 3.19. The van der Waals surface area contributed by atoms with Gasteiger partial charge in [-0.05, 0) is 17.7 Å². The number of halogens is 1. The predicted octanol–water partition coefficient (Wildman–Crippen LogP) is 2.58. The molecule has 18 heavy (non-hydrogen) atoms. The summed E-state index contributed by atoms with van der Waals surface area (Å²) in [5.41, 5.74) is 0.739. The van der Waals surface area contributed by atoms with Crippen molar-refractivity contribution in [3.8, 4) is 5.75 Å². The largest absolute Gasteiger partial charge is 0.494 e. The van der Waals surface area contributed by atoms with Gasteiger partial charge in [0.1, 0.15) is 0 Å². The Balaban J connectivity index is 2.18. The molecule has 0 spiro atoms. The van der Waals surface area contributed by atoms with Crippen LogP contribution in [0.5, 0.6) is 5.75 Å². The van der Waals surface area contributed by atoms with E-state index in [0.717, 1.165) is 5.56 Å². The Labute approximate surface area is 107 Å². The summed E-state index contributed by atoms with van der Waals surface area (Å²) in [6.07, 6.45) is 0.402. The summed E-state index contributed by atoms with van der Waals surface area (Å²) < 4.78 is 18.3. The zero-order chi connectivity index (χ0) is 13.1. The van der Waals surface area contributed by atoms with E-state index < -0.39 is 11.8 Å². The van der Waals surface area contributed by atoms with Crippen LogP contribution in [-0.2, 0) is 6.42 Å². The predicted molar refractivity (Wildman–Crippen MR) is 64.8 cm³/mol. The molecule has 0 unspecified atom stereocenters. The number of ether oxygens (including phenoxy) is 1. The van der Waals surface area contributed by atoms with E-state index in [1.54, 1.807) is 6.07 Å². The SMILES string of the molecule is COc1ccc(Cc2nc(C(=O)O)cs2)cc1F. The van der Waals surface area contributed by atoms with E-state index in [1.165, 1.54) is 36.0 Å². The van der Waals surface area contributed by atoms with Crippen LogP contribution in [0.15, 0.2) is 23.6 Å². The van der Waals surface area contributed by atoms with Crippen LogP contribution in [0.4, 0.5) is 4.39 Å². The van der Waals surface area contributed by atoms with Crippen LogP contribution in [0.3, 0.4) is 0 Å². The number of nitrogens with zero attached hydrogens (tertiary/aromatic N) is 1. The monoisotopic (exact) mass is 267 g/mol. The van der Waals surface area contributed by atoms with E-state index in [-0.39, 0.29) is 11.4 Å². The van der Waals surface area contributed by atoms with Crippen molar-refractivity contribution >= 4 is 17.3 Å². The minimum absolute atomic E-state index is 0.0176. The Bertz CT molecular complexity index is 582. The van der Waals surface area contributed by atoms with E-state index in [9.17, 15) is 9.18 Å². The molecule has 0 aliphatic rings. The maximum atomic E-state index is 13.5. The molecule has 0 atom stereocenters. The highest BCUT2D eigenvalue weighted by Gasteiger charge is 2.10. The van der Waals surface area contributed by atoms with Gasteiger partial charge in [0.15, 0.2) is 17.3 Å². The molecule has 4 nitrogen and oxygen atoms in total. The smallest absolute Gasteiger partial charge is 0.355 e. The quantitative estimate of drug-likeness (QED) is 0.925. The maximum Gasteiger partial charge on any atom is 0.355 e. The number of benzene rings is 1. The highest BCUT2D eigenvalue weighted by molar-refractivity contribution is 7.09. The molecule has 1 N–H and O–H groups in total. The van der Waals surface area contributed by atoms with Crippen molar-refractivity contribution in [1.29, 1.82) is 0 Å². The van der Waals surface area contributed by atoms with Crippen LogP contribution >= 0.6 is 11.3 Å². The molecule has 2 rings (SSSR count). The molecule has 0 fully saturated rings. The maximum absolute atomic E-state index is 13.5. The molecule has 0 radical (unpaired) electrons. The van der Waals surface area contributed by atoms with Gasteiger partial charge < -0.3 is 9.84 Å². The van der Waals surface area contributed by atoms with Gasteiger partial charge in [0.05, 0.1) is 12.1 Å². The molecule has 0 aliphatic heterocycles. The number of aromatic carboxylic acids is 1. The lowest BCUT2D eigenvalue weighted by Crippen LogP contribution is -1.97. The van der Waals surface area contributed by atoms with Crippen LogP contribution in [0, 0.1) is 5.82 Å². The Kier molecular flexibility index (Phi) is 3.57. The van der Waals surface area contributed by atoms with Gasteiger partial charge in [-0.1, -0.05) is 6.07 Å². The van der Waals surface area contributed by atoms with Crippen molar-refractivity contribution < 1.29 is 19.0 Å². The van der Waals surface area contributed by atoms with Gasteiger partial charge in [0.25, 0.3) is 0 Å². The van der Waals surface area contributed by atoms with Crippen molar-refractivity contribution in [2.45, 2.75) is 6.42 Å². The molecule has 1 aromatic heterocycles. The van der Waals surface area contributed by atoms with Crippen molar-refractivity contribution in [3.05, 3.63) is 45.7 Å². The molecular weight excluding hydrogens is 257 g/mol. The number of rotatable bonds is 4. The summed E-state index contributed by atoms with van der Waals surface area (Å²) in [7, 11) is 1.40. The van der Waals surface area contributed by atoms with Crippen LogP contribution in [0.2, 0.25) is 0 Å². The number of methoxy groups -OCH3 is 1. The number of aromatic nitrogens is 1. The lowest BCUT2D eigenvalue weighted by molar-refractivity contribution is 0.0691. The Morgan fingerprint density at radius 2 is 2.33 bits per heavy atom. The fraction of sp³-hybridized carbons (Fsp3) is 0.167. The first-order valence-corrected chi connectivity index (χ1v) is 5.98. The van der Waals surface area contributed by atoms with Gasteiger partial charge in [0.2, 0.25) is 0 Å². The molecule has 2 aromatic rings. The average Bonchev–Trinajstić information content (AvgIpc) is 2.78. The molecule has 94 valence electrons. The standard InChI is InChI=1S/C12H10FNO3S/c1-17-10-3-2-7(4-8(10)13)5-11-14-9(6-18-11)12(15)16/h2-4,6H,5H2,1H3,(H,15,16). The summed E-state index contributed by atoms with van der Waals surface area (Å²) >= 11 is 1.24. The minimum atomic E-state index is -1.06. The lowest BCUT2D eigenvalue weighted by Gasteiger charge is -2.03. The summed E-state index contributed by atoms with van der Waals surface area (Å²) in [5.74, 6) is -1.31. The number of thiazole rings is 1. The first kappa shape index (κ1) is 12.5. The Hall–Kier alpha value is -1.95. The molecule has 6 heteroatoms. The minimum Gasteiger partial charge on any atom is -0.494 e. The second-order valence-electron chi connectivity index (χ2n) is 3.58. The fourth-order valence-electron chi connectivity index (χ4n) is 1.48. The number of carbonyl (C=O) groups is 1. The first-order chi connectivity index (χ1) is 8.60. The van der Waals surface area contributed by atoms with Crippen molar-refractivity contribution in [1.82, 2.24) is 4.98 Å².